The van der Waals surface area contributed by atoms with Crippen molar-refractivity contribution < 1.29 is 14.1 Å². The van der Waals surface area contributed by atoms with Crippen LogP contribution in [0.5, 0.6) is 0 Å². The molecule has 0 atom stereocenters. The largest absolute Gasteiger partial charge is 0.360 e. The van der Waals surface area contributed by atoms with Crippen LogP contribution in [-0.2, 0) is 4.79 Å². The van der Waals surface area contributed by atoms with E-state index in [2.05, 4.69) is 15.8 Å². The zero-order chi connectivity index (χ0) is 16.3. The molecule has 0 aliphatic heterocycles. The van der Waals surface area contributed by atoms with Crippen LogP contribution in [0.15, 0.2) is 22.7 Å². The highest BCUT2D eigenvalue weighted by Gasteiger charge is 2.24. The number of aromatic nitrogens is 1. The average Bonchev–Trinajstić information content (AvgIpc) is 2.86. The smallest absolute Gasteiger partial charge is 0.257 e. The number of aryl methyl sites for hydroxylation is 1. The first-order chi connectivity index (χ1) is 10.5. The molecule has 0 aliphatic carbocycles. The van der Waals surface area contributed by atoms with E-state index in [0.29, 0.717) is 21.4 Å². The van der Waals surface area contributed by atoms with E-state index in [1.54, 1.807) is 25.1 Å². The van der Waals surface area contributed by atoms with Crippen LogP contribution in [0.2, 0.25) is 10.0 Å². The molecular formula is C14H13Cl2N3O3. The Labute approximate surface area is 136 Å². The molecule has 0 saturated carbocycles. The molecule has 2 aromatic rings. The monoisotopic (exact) mass is 341 g/mol. The SMILES string of the molecule is CNC(=O)CNC(=O)c1c(-c2c(Cl)cccc2Cl)noc1C. The molecule has 22 heavy (non-hydrogen) atoms. The van der Waals surface area contributed by atoms with Crippen molar-refractivity contribution in [2.24, 2.45) is 0 Å². The number of halogens is 2. The van der Waals surface area contributed by atoms with E-state index >= 15 is 0 Å². The topological polar surface area (TPSA) is 84.2 Å². The van der Waals surface area contributed by atoms with Gasteiger partial charge in [-0.1, -0.05) is 34.4 Å². The van der Waals surface area contributed by atoms with Gasteiger partial charge in [0.15, 0.2) is 0 Å². The number of hydrogen-bond donors (Lipinski definition) is 2. The van der Waals surface area contributed by atoms with Crippen LogP contribution >= 0.6 is 23.2 Å². The van der Waals surface area contributed by atoms with Crippen LogP contribution in [0.25, 0.3) is 11.3 Å². The number of amides is 2. The lowest BCUT2D eigenvalue weighted by molar-refractivity contribution is -0.119. The Bertz CT molecular complexity index is 708. The highest BCUT2D eigenvalue weighted by molar-refractivity contribution is 6.39. The fraction of sp³-hybridized carbons (Fsp3) is 0.214. The second-order valence-electron chi connectivity index (χ2n) is 4.41. The van der Waals surface area contributed by atoms with Crippen molar-refractivity contribution in [3.05, 3.63) is 39.6 Å². The minimum absolute atomic E-state index is 0.157. The van der Waals surface area contributed by atoms with Gasteiger partial charge in [-0.2, -0.15) is 0 Å². The maximum Gasteiger partial charge on any atom is 0.257 e. The molecule has 1 aromatic carbocycles. The van der Waals surface area contributed by atoms with E-state index in [1.807, 2.05) is 0 Å². The molecule has 0 radical (unpaired) electrons. The average molecular weight is 342 g/mol. The fourth-order valence-corrected chi connectivity index (χ4v) is 2.45. The van der Waals surface area contributed by atoms with Crippen molar-refractivity contribution in [2.75, 3.05) is 13.6 Å². The number of nitrogens with zero attached hydrogens (tertiary/aromatic N) is 1. The molecule has 2 amide bonds. The summed E-state index contributed by atoms with van der Waals surface area (Å²) in [6.07, 6.45) is 0. The molecule has 1 heterocycles. The summed E-state index contributed by atoms with van der Waals surface area (Å²) in [5.74, 6) is -0.506. The van der Waals surface area contributed by atoms with Crippen molar-refractivity contribution in [3.8, 4) is 11.3 Å². The van der Waals surface area contributed by atoms with Gasteiger partial charge in [0.25, 0.3) is 5.91 Å². The summed E-state index contributed by atoms with van der Waals surface area (Å²) in [6.45, 7) is 1.44. The van der Waals surface area contributed by atoms with Gasteiger partial charge in [-0.3, -0.25) is 9.59 Å². The van der Waals surface area contributed by atoms with Gasteiger partial charge in [0.2, 0.25) is 5.91 Å². The molecule has 8 heteroatoms. The minimum atomic E-state index is -0.492. The van der Waals surface area contributed by atoms with Gasteiger partial charge >= 0.3 is 0 Å². The summed E-state index contributed by atoms with van der Waals surface area (Å²) in [4.78, 5) is 23.5. The number of carbonyl (C=O) groups is 2. The van der Waals surface area contributed by atoms with E-state index < -0.39 is 5.91 Å². The Morgan fingerprint density at radius 2 is 1.91 bits per heavy atom. The standard InChI is InChI=1S/C14H13Cl2N3O3/c1-7-11(14(21)18-6-10(20)17-2)13(19-22-7)12-8(15)4-3-5-9(12)16/h3-5H,6H2,1-2H3,(H,17,20)(H,18,21). The summed E-state index contributed by atoms with van der Waals surface area (Å²) >= 11 is 12.3. The number of rotatable bonds is 4. The molecule has 2 N–H and O–H groups in total. The number of benzene rings is 1. The molecule has 0 spiro atoms. The Morgan fingerprint density at radius 3 is 2.50 bits per heavy atom. The quantitative estimate of drug-likeness (QED) is 0.894. The van der Waals surface area contributed by atoms with Crippen LogP contribution in [0.3, 0.4) is 0 Å². The zero-order valence-electron chi connectivity index (χ0n) is 11.9. The molecular weight excluding hydrogens is 329 g/mol. The van der Waals surface area contributed by atoms with Crippen LogP contribution in [-0.4, -0.2) is 30.6 Å². The van der Waals surface area contributed by atoms with Gasteiger partial charge in [0.05, 0.1) is 16.6 Å². The van der Waals surface area contributed by atoms with Crippen molar-refractivity contribution in [1.29, 1.82) is 0 Å². The van der Waals surface area contributed by atoms with E-state index in [4.69, 9.17) is 27.7 Å². The van der Waals surface area contributed by atoms with Gasteiger partial charge in [0, 0.05) is 12.6 Å². The predicted molar refractivity (Wildman–Crippen MR) is 83.1 cm³/mol. The Balaban J connectivity index is 2.40. The Morgan fingerprint density at radius 1 is 1.27 bits per heavy atom. The predicted octanol–water partition coefficient (Wildman–Crippen LogP) is 2.43. The lowest BCUT2D eigenvalue weighted by Gasteiger charge is -2.07. The molecule has 116 valence electrons. The zero-order valence-corrected chi connectivity index (χ0v) is 13.4. The van der Waals surface area contributed by atoms with Crippen molar-refractivity contribution >= 4 is 35.0 Å². The van der Waals surface area contributed by atoms with E-state index in [0.717, 1.165) is 0 Å². The third kappa shape index (κ3) is 3.23. The van der Waals surface area contributed by atoms with Crippen molar-refractivity contribution in [3.63, 3.8) is 0 Å². The van der Waals surface area contributed by atoms with E-state index in [1.165, 1.54) is 7.05 Å². The highest BCUT2D eigenvalue weighted by Crippen LogP contribution is 2.36. The van der Waals surface area contributed by atoms with E-state index in [-0.39, 0.29) is 23.7 Å². The van der Waals surface area contributed by atoms with Crippen molar-refractivity contribution in [2.45, 2.75) is 6.92 Å². The van der Waals surface area contributed by atoms with Gasteiger partial charge in [-0.15, -0.1) is 0 Å². The molecule has 2 rings (SSSR count). The third-order valence-electron chi connectivity index (χ3n) is 2.98. The van der Waals surface area contributed by atoms with Gasteiger partial charge in [-0.25, -0.2) is 0 Å². The first-order valence-electron chi connectivity index (χ1n) is 6.35. The summed E-state index contributed by atoms with van der Waals surface area (Å²) < 4.78 is 5.09. The first kappa shape index (κ1) is 16.3. The molecule has 0 bridgehead atoms. The van der Waals surface area contributed by atoms with Crippen LogP contribution in [0.1, 0.15) is 16.1 Å². The van der Waals surface area contributed by atoms with Crippen LogP contribution in [0, 0.1) is 6.92 Å². The molecule has 0 aliphatic rings. The second kappa shape index (κ2) is 6.81. The van der Waals surface area contributed by atoms with Crippen LogP contribution in [0.4, 0.5) is 0 Å². The molecule has 6 nitrogen and oxygen atoms in total. The minimum Gasteiger partial charge on any atom is -0.360 e. The summed E-state index contributed by atoms with van der Waals surface area (Å²) in [6, 6.07) is 4.96. The van der Waals surface area contributed by atoms with Gasteiger partial charge < -0.3 is 15.2 Å². The van der Waals surface area contributed by atoms with Crippen LogP contribution < -0.4 is 10.6 Å². The Kier molecular flexibility index (Phi) is 5.05. The molecule has 0 unspecified atom stereocenters. The second-order valence-corrected chi connectivity index (χ2v) is 5.23. The van der Waals surface area contributed by atoms with E-state index in [9.17, 15) is 9.59 Å². The summed E-state index contributed by atoms with van der Waals surface area (Å²) in [7, 11) is 1.48. The number of likely N-dealkylation sites (N-methyl/N-ethyl adjacent to an activating group) is 1. The van der Waals surface area contributed by atoms with Gasteiger partial charge in [0.1, 0.15) is 17.0 Å². The molecule has 1 aromatic heterocycles. The number of carbonyl (C=O) groups excluding carboxylic acids is 2. The highest BCUT2D eigenvalue weighted by atomic mass is 35.5. The maximum atomic E-state index is 12.3. The fourth-order valence-electron chi connectivity index (χ4n) is 1.87. The lowest BCUT2D eigenvalue weighted by atomic mass is 10.1. The lowest BCUT2D eigenvalue weighted by Crippen LogP contribution is -2.35. The maximum absolute atomic E-state index is 12.3. The number of hydrogen-bond acceptors (Lipinski definition) is 4. The normalized spacial score (nSPS) is 10.4. The third-order valence-corrected chi connectivity index (χ3v) is 3.61. The summed E-state index contributed by atoms with van der Waals surface area (Å²) in [5.41, 5.74) is 0.842. The molecule has 0 saturated heterocycles. The summed E-state index contributed by atoms with van der Waals surface area (Å²) in [5, 5.41) is 9.47. The molecule has 0 fully saturated rings. The first-order valence-corrected chi connectivity index (χ1v) is 7.10. The van der Waals surface area contributed by atoms with Gasteiger partial charge in [-0.05, 0) is 19.1 Å². The van der Waals surface area contributed by atoms with Crippen molar-refractivity contribution in [1.82, 2.24) is 15.8 Å². The Hall–Kier alpha value is -2.05. The number of nitrogens with one attached hydrogen (secondary N) is 2.